The van der Waals surface area contributed by atoms with Crippen LogP contribution in [-0.4, -0.2) is 14.7 Å². The maximum atomic E-state index is 9.98. The summed E-state index contributed by atoms with van der Waals surface area (Å²) in [6.07, 6.45) is 1.16. The average molecular weight is 283 g/mol. The molecular formula is C13H12Cl2N2O. The highest BCUT2D eigenvalue weighted by molar-refractivity contribution is 6.31. The third-order valence-corrected chi connectivity index (χ3v) is 3.77. The van der Waals surface area contributed by atoms with Crippen LogP contribution in [-0.2, 0) is 6.54 Å². The molecule has 1 aliphatic heterocycles. The molecule has 0 amide bonds. The topological polar surface area (TPSA) is 38.0 Å². The van der Waals surface area contributed by atoms with Crippen LogP contribution < -0.4 is 0 Å². The minimum absolute atomic E-state index is 0.396. The number of aliphatic hydroxyl groups excluding tert-OH is 1. The fourth-order valence-electron chi connectivity index (χ4n) is 2.38. The lowest BCUT2D eigenvalue weighted by atomic mass is 10.1. The van der Waals surface area contributed by atoms with Gasteiger partial charge in [0.25, 0.3) is 0 Å². The van der Waals surface area contributed by atoms with E-state index in [1.165, 1.54) is 0 Å². The van der Waals surface area contributed by atoms with Gasteiger partial charge >= 0.3 is 0 Å². The molecule has 1 aliphatic rings. The highest BCUT2D eigenvalue weighted by Crippen LogP contribution is 2.35. The Morgan fingerprint density at radius 3 is 2.67 bits per heavy atom. The van der Waals surface area contributed by atoms with Gasteiger partial charge in [-0.1, -0.05) is 23.2 Å². The Morgan fingerprint density at radius 1 is 1.22 bits per heavy atom. The van der Waals surface area contributed by atoms with Gasteiger partial charge in [-0.2, -0.15) is 0 Å². The first kappa shape index (κ1) is 12.0. The van der Waals surface area contributed by atoms with E-state index in [0.29, 0.717) is 10.2 Å². The maximum absolute atomic E-state index is 9.98. The van der Waals surface area contributed by atoms with Crippen LogP contribution in [0.4, 0.5) is 0 Å². The molecule has 2 aromatic rings. The summed E-state index contributed by atoms with van der Waals surface area (Å²) in [5, 5.41) is 11.1. The van der Waals surface area contributed by atoms with Crippen LogP contribution in [0.25, 0.3) is 11.4 Å². The minimum Gasteiger partial charge on any atom is -0.387 e. The van der Waals surface area contributed by atoms with Crippen molar-refractivity contribution in [2.24, 2.45) is 0 Å². The Labute approximate surface area is 115 Å². The Hall–Kier alpha value is -1.03. The first-order valence-corrected chi connectivity index (χ1v) is 6.62. The molecule has 1 aromatic carbocycles. The molecule has 1 unspecified atom stereocenters. The minimum atomic E-state index is -0.514. The molecule has 3 nitrogen and oxygen atoms in total. The summed E-state index contributed by atoms with van der Waals surface area (Å²) in [5.41, 5.74) is 1.69. The fraction of sp³-hybridized carbons (Fsp3) is 0.308. The van der Waals surface area contributed by atoms with Gasteiger partial charge in [0.2, 0.25) is 0 Å². The van der Waals surface area contributed by atoms with Gasteiger partial charge in [-0.25, -0.2) is 4.98 Å². The predicted octanol–water partition coefficient (Wildman–Crippen LogP) is 3.68. The van der Waals surface area contributed by atoms with Crippen molar-refractivity contribution in [3.05, 3.63) is 40.1 Å². The fourth-order valence-corrected chi connectivity index (χ4v) is 2.81. The average Bonchev–Trinajstić information content (AvgIpc) is 2.69. The van der Waals surface area contributed by atoms with E-state index in [-0.39, 0.29) is 0 Å². The zero-order valence-corrected chi connectivity index (χ0v) is 11.1. The first-order chi connectivity index (χ1) is 8.66. The number of hydrogen-bond donors (Lipinski definition) is 1. The highest BCUT2D eigenvalue weighted by atomic mass is 35.5. The van der Waals surface area contributed by atoms with E-state index in [9.17, 15) is 5.11 Å². The van der Waals surface area contributed by atoms with Gasteiger partial charge in [0.15, 0.2) is 5.15 Å². The summed E-state index contributed by atoms with van der Waals surface area (Å²) in [6.45, 7) is 0.837. The molecule has 0 bridgehead atoms. The van der Waals surface area contributed by atoms with Gasteiger partial charge < -0.3 is 9.67 Å². The first-order valence-electron chi connectivity index (χ1n) is 5.87. The molecule has 94 valence electrons. The van der Waals surface area contributed by atoms with Crippen LogP contribution in [0.2, 0.25) is 10.2 Å². The number of hydrogen-bond acceptors (Lipinski definition) is 2. The van der Waals surface area contributed by atoms with Gasteiger partial charge in [0.05, 0.1) is 11.8 Å². The number of nitrogens with zero attached hydrogens (tertiary/aromatic N) is 2. The lowest BCUT2D eigenvalue weighted by Gasteiger charge is -2.21. The zero-order chi connectivity index (χ0) is 12.7. The van der Waals surface area contributed by atoms with Crippen molar-refractivity contribution in [1.82, 2.24) is 9.55 Å². The molecule has 3 rings (SSSR count). The Kier molecular flexibility index (Phi) is 3.06. The van der Waals surface area contributed by atoms with Crippen molar-refractivity contribution < 1.29 is 5.11 Å². The van der Waals surface area contributed by atoms with Crippen molar-refractivity contribution in [1.29, 1.82) is 0 Å². The number of rotatable bonds is 1. The molecule has 0 fully saturated rings. The standard InChI is InChI=1S/C13H12Cl2N2O/c14-9-5-3-8(4-6-9)13-16-12(15)11-10(18)2-1-7-17(11)13/h3-6,10,18H,1-2,7H2. The lowest BCUT2D eigenvalue weighted by Crippen LogP contribution is -2.15. The number of benzene rings is 1. The van der Waals surface area contributed by atoms with E-state index in [4.69, 9.17) is 23.2 Å². The molecule has 0 saturated heterocycles. The monoisotopic (exact) mass is 282 g/mol. The SMILES string of the molecule is OC1CCCn2c(-c3ccc(Cl)cc3)nc(Cl)c21. The number of aliphatic hydroxyl groups is 1. The van der Waals surface area contributed by atoms with E-state index in [1.807, 2.05) is 28.8 Å². The van der Waals surface area contributed by atoms with Crippen molar-refractivity contribution in [3.8, 4) is 11.4 Å². The third-order valence-electron chi connectivity index (χ3n) is 3.24. The second-order valence-electron chi connectivity index (χ2n) is 4.43. The molecule has 2 heterocycles. The summed E-state index contributed by atoms with van der Waals surface area (Å²) < 4.78 is 2.00. The summed E-state index contributed by atoms with van der Waals surface area (Å²) >= 11 is 12.0. The number of aromatic nitrogens is 2. The lowest BCUT2D eigenvalue weighted by molar-refractivity contribution is 0.139. The maximum Gasteiger partial charge on any atom is 0.153 e. The second kappa shape index (κ2) is 4.57. The van der Waals surface area contributed by atoms with Crippen molar-refractivity contribution in [2.75, 3.05) is 0 Å². The summed E-state index contributed by atoms with van der Waals surface area (Å²) in [4.78, 5) is 4.37. The summed E-state index contributed by atoms with van der Waals surface area (Å²) in [7, 11) is 0. The summed E-state index contributed by atoms with van der Waals surface area (Å²) in [5.74, 6) is 0.797. The molecule has 0 spiro atoms. The van der Waals surface area contributed by atoms with Crippen molar-refractivity contribution >= 4 is 23.2 Å². The normalized spacial score (nSPS) is 18.7. The highest BCUT2D eigenvalue weighted by Gasteiger charge is 2.26. The third kappa shape index (κ3) is 1.92. The van der Waals surface area contributed by atoms with Gasteiger partial charge in [0, 0.05) is 17.1 Å². The van der Waals surface area contributed by atoms with Crippen molar-refractivity contribution in [3.63, 3.8) is 0 Å². The van der Waals surface area contributed by atoms with E-state index in [1.54, 1.807) is 0 Å². The number of halogens is 2. The van der Waals surface area contributed by atoms with Crippen LogP contribution >= 0.6 is 23.2 Å². The van der Waals surface area contributed by atoms with Crippen LogP contribution in [0.15, 0.2) is 24.3 Å². The quantitative estimate of drug-likeness (QED) is 0.866. The van der Waals surface area contributed by atoms with E-state index < -0.39 is 6.10 Å². The Balaban J connectivity index is 2.13. The van der Waals surface area contributed by atoms with E-state index in [0.717, 1.165) is 36.5 Å². The molecule has 18 heavy (non-hydrogen) atoms. The molecule has 0 aliphatic carbocycles. The molecule has 1 aromatic heterocycles. The van der Waals surface area contributed by atoms with E-state index >= 15 is 0 Å². The molecule has 0 radical (unpaired) electrons. The molecule has 1 N–H and O–H groups in total. The molecule has 1 atom stereocenters. The van der Waals surface area contributed by atoms with Gasteiger partial charge in [0.1, 0.15) is 5.82 Å². The van der Waals surface area contributed by atoms with E-state index in [2.05, 4.69) is 4.98 Å². The zero-order valence-electron chi connectivity index (χ0n) is 9.61. The van der Waals surface area contributed by atoms with Crippen LogP contribution in [0.5, 0.6) is 0 Å². The molecular weight excluding hydrogens is 271 g/mol. The van der Waals surface area contributed by atoms with Gasteiger partial charge in [-0.3, -0.25) is 0 Å². The second-order valence-corrected chi connectivity index (χ2v) is 5.22. The van der Waals surface area contributed by atoms with Crippen LogP contribution in [0.1, 0.15) is 24.6 Å². The molecule has 0 saturated carbocycles. The number of imidazole rings is 1. The molecule has 5 heteroatoms. The number of fused-ring (bicyclic) bond motifs is 1. The van der Waals surface area contributed by atoms with Crippen LogP contribution in [0.3, 0.4) is 0 Å². The van der Waals surface area contributed by atoms with Crippen LogP contribution in [0, 0.1) is 0 Å². The predicted molar refractivity (Wildman–Crippen MR) is 71.9 cm³/mol. The Morgan fingerprint density at radius 2 is 1.94 bits per heavy atom. The largest absolute Gasteiger partial charge is 0.387 e. The van der Waals surface area contributed by atoms with Crippen molar-refractivity contribution in [2.45, 2.75) is 25.5 Å². The smallest absolute Gasteiger partial charge is 0.153 e. The van der Waals surface area contributed by atoms with Gasteiger partial charge in [-0.15, -0.1) is 0 Å². The Bertz CT molecular complexity index is 577. The van der Waals surface area contributed by atoms with Gasteiger partial charge in [-0.05, 0) is 37.1 Å². The summed E-state index contributed by atoms with van der Waals surface area (Å²) in [6, 6.07) is 7.47.